The quantitative estimate of drug-likeness (QED) is 0.889. The lowest BCUT2D eigenvalue weighted by Gasteiger charge is -2.09. The van der Waals surface area contributed by atoms with Crippen LogP contribution in [0.1, 0.15) is 16.1 Å². The number of anilines is 2. The summed E-state index contributed by atoms with van der Waals surface area (Å²) in [7, 11) is 0. The highest BCUT2D eigenvalue weighted by Gasteiger charge is 2.11. The van der Waals surface area contributed by atoms with Crippen molar-refractivity contribution >= 4 is 33.3 Å². The number of hydrogen-bond acceptors (Lipinski definition) is 4. The molecular weight excluding hydrogens is 315 g/mol. The number of carbonyl (C=O) groups is 1. The van der Waals surface area contributed by atoms with Crippen molar-refractivity contribution in [2.45, 2.75) is 6.92 Å². The molecule has 3 N–H and O–H groups in total. The number of amides is 1. The van der Waals surface area contributed by atoms with Crippen molar-refractivity contribution in [3.05, 3.63) is 46.1 Å². The highest BCUT2D eigenvalue weighted by molar-refractivity contribution is 9.10. The molecule has 5 nitrogen and oxygen atoms in total. The number of aryl methyl sites for hydroxylation is 1. The first-order chi connectivity index (χ1) is 8.97. The minimum atomic E-state index is -0.436. The second kappa shape index (κ2) is 5.31. The lowest BCUT2D eigenvalue weighted by molar-refractivity contribution is 0.102. The van der Waals surface area contributed by atoms with Crippen molar-refractivity contribution in [1.29, 1.82) is 0 Å². The van der Waals surface area contributed by atoms with Crippen molar-refractivity contribution in [1.82, 2.24) is 9.97 Å². The molecule has 0 spiro atoms. The summed E-state index contributed by atoms with van der Waals surface area (Å²) in [5, 5.41) is 2.64. The summed E-state index contributed by atoms with van der Waals surface area (Å²) < 4.78 is 13.5. The van der Waals surface area contributed by atoms with Crippen molar-refractivity contribution in [3.63, 3.8) is 0 Å². The van der Waals surface area contributed by atoms with Crippen molar-refractivity contribution in [3.8, 4) is 0 Å². The number of halogens is 2. The van der Waals surface area contributed by atoms with Crippen LogP contribution in [0.3, 0.4) is 0 Å². The third-order valence-electron chi connectivity index (χ3n) is 2.42. The van der Waals surface area contributed by atoms with Gasteiger partial charge in [0, 0.05) is 5.69 Å². The molecule has 0 aliphatic heterocycles. The Morgan fingerprint density at radius 1 is 1.37 bits per heavy atom. The fraction of sp³-hybridized carbons (Fsp3) is 0.0833. The Bertz CT molecular complexity index is 630. The molecule has 19 heavy (non-hydrogen) atoms. The van der Waals surface area contributed by atoms with Gasteiger partial charge in [-0.15, -0.1) is 0 Å². The lowest BCUT2D eigenvalue weighted by Crippen LogP contribution is -2.15. The van der Waals surface area contributed by atoms with Gasteiger partial charge >= 0.3 is 0 Å². The molecule has 0 fully saturated rings. The van der Waals surface area contributed by atoms with Gasteiger partial charge in [0.25, 0.3) is 5.91 Å². The fourth-order valence-corrected chi connectivity index (χ4v) is 1.77. The van der Waals surface area contributed by atoms with Crippen LogP contribution in [0.4, 0.5) is 15.9 Å². The zero-order valence-corrected chi connectivity index (χ0v) is 11.5. The van der Waals surface area contributed by atoms with E-state index in [2.05, 4.69) is 31.2 Å². The standard InChI is InChI=1S/C12H10BrFN4O/c1-6-2-8(14)7(13)3-9(6)18-12(19)10-4-17-11(15)5-16-10/h2-5H,1H3,(H2,15,17)(H,18,19). The topological polar surface area (TPSA) is 80.9 Å². The van der Waals surface area contributed by atoms with Crippen LogP contribution >= 0.6 is 15.9 Å². The number of carbonyl (C=O) groups excluding carboxylic acids is 1. The van der Waals surface area contributed by atoms with E-state index in [0.717, 1.165) is 0 Å². The van der Waals surface area contributed by atoms with E-state index in [-0.39, 0.29) is 21.8 Å². The molecule has 0 radical (unpaired) electrons. The predicted molar refractivity (Wildman–Crippen MR) is 73.2 cm³/mol. The third kappa shape index (κ3) is 3.05. The Morgan fingerprint density at radius 2 is 2.11 bits per heavy atom. The average Bonchev–Trinajstić information content (AvgIpc) is 2.36. The first-order valence-electron chi connectivity index (χ1n) is 5.32. The molecule has 0 saturated heterocycles. The molecule has 0 aliphatic rings. The maximum atomic E-state index is 13.3. The van der Waals surface area contributed by atoms with E-state index in [9.17, 15) is 9.18 Å². The van der Waals surface area contributed by atoms with Crippen LogP contribution in [-0.4, -0.2) is 15.9 Å². The Balaban J connectivity index is 2.24. The molecule has 1 aromatic carbocycles. The summed E-state index contributed by atoms with van der Waals surface area (Å²) >= 11 is 3.07. The van der Waals surface area contributed by atoms with Gasteiger partial charge < -0.3 is 11.1 Å². The number of rotatable bonds is 2. The summed E-state index contributed by atoms with van der Waals surface area (Å²) in [6.07, 6.45) is 2.57. The minimum Gasteiger partial charge on any atom is -0.382 e. The number of nitrogens with zero attached hydrogens (tertiary/aromatic N) is 2. The summed E-state index contributed by atoms with van der Waals surface area (Å²) in [5.41, 5.74) is 6.63. The Morgan fingerprint density at radius 3 is 2.74 bits per heavy atom. The van der Waals surface area contributed by atoms with Gasteiger partial charge in [0.1, 0.15) is 17.3 Å². The molecule has 0 unspecified atom stereocenters. The maximum Gasteiger partial charge on any atom is 0.275 e. The molecule has 0 aliphatic carbocycles. The van der Waals surface area contributed by atoms with Gasteiger partial charge in [-0.1, -0.05) is 0 Å². The SMILES string of the molecule is Cc1cc(F)c(Br)cc1NC(=O)c1cnc(N)cn1. The number of hydrogen-bond donors (Lipinski definition) is 2. The Kier molecular flexibility index (Phi) is 3.75. The highest BCUT2D eigenvalue weighted by atomic mass is 79.9. The van der Waals surface area contributed by atoms with Crippen molar-refractivity contribution in [2.24, 2.45) is 0 Å². The number of nitrogens with two attached hydrogens (primary N) is 1. The molecule has 98 valence electrons. The van der Waals surface area contributed by atoms with Crippen LogP contribution in [0.25, 0.3) is 0 Å². The van der Waals surface area contributed by atoms with Gasteiger partial charge in [0.15, 0.2) is 0 Å². The summed E-state index contributed by atoms with van der Waals surface area (Å²) in [6.45, 7) is 1.69. The number of aromatic nitrogens is 2. The number of nitrogen functional groups attached to an aromatic ring is 1. The second-order valence-electron chi connectivity index (χ2n) is 3.86. The first kappa shape index (κ1) is 13.4. The highest BCUT2D eigenvalue weighted by Crippen LogP contribution is 2.24. The molecule has 0 bridgehead atoms. The normalized spacial score (nSPS) is 10.3. The van der Waals surface area contributed by atoms with Crippen LogP contribution in [0.15, 0.2) is 29.0 Å². The largest absolute Gasteiger partial charge is 0.382 e. The molecule has 0 saturated carbocycles. The van der Waals surface area contributed by atoms with Crippen LogP contribution in [0.5, 0.6) is 0 Å². The number of nitrogens with one attached hydrogen (secondary N) is 1. The minimum absolute atomic E-state index is 0.133. The lowest BCUT2D eigenvalue weighted by atomic mass is 10.2. The van der Waals surface area contributed by atoms with Crippen molar-refractivity contribution < 1.29 is 9.18 Å². The molecule has 1 aromatic heterocycles. The van der Waals surface area contributed by atoms with Crippen molar-refractivity contribution in [2.75, 3.05) is 11.1 Å². The predicted octanol–water partition coefficient (Wildman–Crippen LogP) is 2.52. The van der Waals surface area contributed by atoms with E-state index in [1.165, 1.54) is 24.5 Å². The maximum absolute atomic E-state index is 13.3. The smallest absolute Gasteiger partial charge is 0.275 e. The number of benzene rings is 1. The summed E-state index contributed by atoms with van der Waals surface area (Å²) in [6, 6.07) is 2.82. The zero-order chi connectivity index (χ0) is 14.0. The van der Waals surface area contributed by atoms with Crippen LogP contribution in [-0.2, 0) is 0 Å². The van der Waals surface area contributed by atoms with Gasteiger partial charge in [-0.25, -0.2) is 14.4 Å². The molecule has 7 heteroatoms. The van der Waals surface area contributed by atoms with Gasteiger partial charge in [0.05, 0.1) is 16.9 Å². The van der Waals surface area contributed by atoms with E-state index in [1.54, 1.807) is 6.92 Å². The van der Waals surface area contributed by atoms with E-state index >= 15 is 0 Å². The molecule has 2 aromatic rings. The second-order valence-corrected chi connectivity index (χ2v) is 4.72. The first-order valence-corrected chi connectivity index (χ1v) is 6.11. The van der Waals surface area contributed by atoms with E-state index in [4.69, 9.17) is 5.73 Å². The van der Waals surface area contributed by atoms with Crippen LogP contribution < -0.4 is 11.1 Å². The van der Waals surface area contributed by atoms with E-state index in [1.807, 2.05) is 0 Å². The fourth-order valence-electron chi connectivity index (χ4n) is 1.42. The van der Waals surface area contributed by atoms with Crippen LogP contribution in [0.2, 0.25) is 0 Å². The zero-order valence-electron chi connectivity index (χ0n) is 9.95. The van der Waals surface area contributed by atoms with Gasteiger partial charge in [-0.3, -0.25) is 4.79 Å². The monoisotopic (exact) mass is 324 g/mol. The van der Waals surface area contributed by atoms with Gasteiger partial charge in [-0.2, -0.15) is 0 Å². The summed E-state index contributed by atoms with van der Waals surface area (Å²) in [4.78, 5) is 19.6. The Labute approximate surface area is 117 Å². The third-order valence-corrected chi connectivity index (χ3v) is 3.03. The van der Waals surface area contributed by atoms with Gasteiger partial charge in [-0.05, 0) is 40.5 Å². The molecule has 0 atom stereocenters. The molecular formula is C12H10BrFN4O. The molecule has 2 rings (SSSR count). The van der Waals surface area contributed by atoms with E-state index in [0.29, 0.717) is 11.3 Å². The van der Waals surface area contributed by atoms with E-state index < -0.39 is 5.91 Å². The van der Waals surface area contributed by atoms with Crippen LogP contribution in [0, 0.1) is 12.7 Å². The Hall–Kier alpha value is -2.02. The average molecular weight is 325 g/mol. The molecule has 1 heterocycles. The van der Waals surface area contributed by atoms with Gasteiger partial charge in [0.2, 0.25) is 0 Å². The summed E-state index contributed by atoms with van der Waals surface area (Å²) in [5.74, 6) is -0.589. The molecule has 1 amide bonds.